The van der Waals surface area contributed by atoms with E-state index in [1.54, 1.807) is 0 Å². The fourth-order valence-electron chi connectivity index (χ4n) is 2.03. The van der Waals surface area contributed by atoms with Gasteiger partial charge in [-0.05, 0) is 51.0 Å². The molecule has 0 aliphatic carbocycles. The highest BCUT2D eigenvalue weighted by Gasteiger charge is 2.10. The van der Waals surface area contributed by atoms with E-state index in [1.165, 1.54) is 16.7 Å². The van der Waals surface area contributed by atoms with Crippen LogP contribution in [0.1, 0.15) is 37.5 Å². The molecule has 1 N–H and O–H groups in total. The lowest BCUT2D eigenvalue weighted by atomic mass is 10.1. The van der Waals surface area contributed by atoms with Crippen molar-refractivity contribution in [3.8, 4) is 5.75 Å². The molecule has 0 spiro atoms. The van der Waals surface area contributed by atoms with E-state index < -0.39 is 0 Å². The molecule has 112 valence electrons. The van der Waals surface area contributed by atoms with E-state index in [0.29, 0.717) is 6.61 Å². The first-order valence-corrected chi connectivity index (χ1v) is 7.45. The maximum atomic E-state index is 5.89. The van der Waals surface area contributed by atoms with Gasteiger partial charge in [0.1, 0.15) is 12.4 Å². The average Bonchev–Trinajstić information content (AvgIpc) is 2.44. The molecule has 2 heteroatoms. The SMILES string of the molecule is Cc1ccc(OCc2ccccc2CNC(C)(C)C)cc1. The van der Waals surface area contributed by atoms with Gasteiger partial charge in [0, 0.05) is 12.1 Å². The number of nitrogens with one attached hydrogen (secondary N) is 1. The van der Waals surface area contributed by atoms with Crippen LogP contribution in [0.15, 0.2) is 48.5 Å². The average molecular weight is 283 g/mol. The van der Waals surface area contributed by atoms with Crippen molar-refractivity contribution in [3.05, 3.63) is 65.2 Å². The van der Waals surface area contributed by atoms with Gasteiger partial charge in [-0.2, -0.15) is 0 Å². The van der Waals surface area contributed by atoms with Crippen LogP contribution < -0.4 is 10.1 Å². The predicted molar refractivity (Wildman–Crippen MR) is 88.5 cm³/mol. The van der Waals surface area contributed by atoms with Crippen LogP contribution in [0.5, 0.6) is 5.75 Å². The fraction of sp³-hybridized carbons (Fsp3) is 0.368. The summed E-state index contributed by atoms with van der Waals surface area (Å²) in [7, 11) is 0. The molecule has 2 nitrogen and oxygen atoms in total. The summed E-state index contributed by atoms with van der Waals surface area (Å²) in [5.74, 6) is 0.916. The van der Waals surface area contributed by atoms with Crippen LogP contribution in [0.25, 0.3) is 0 Å². The minimum atomic E-state index is 0.116. The van der Waals surface area contributed by atoms with Gasteiger partial charge in [0.15, 0.2) is 0 Å². The van der Waals surface area contributed by atoms with Crippen LogP contribution in [0.3, 0.4) is 0 Å². The normalized spacial score (nSPS) is 11.4. The maximum absolute atomic E-state index is 5.89. The summed E-state index contributed by atoms with van der Waals surface area (Å²) < 4.78 is 5.89. The molecular formula is C19H25NO. The number of rotatable bonds is 5. The second kappa shape index (κ2) is 6.77. The summed E-state index contributed by atoms with van der Waals surface area (Å²) in [6.07, 6.45) is 0. The van der Waals surface area contributed by atoms with Crippen LogP contribution in [0.4, 0.5) is 0 Å². The van der Waals surface area contributed by atoms with Gasteiger partial charge in [0.05, 0.1) is 0 Å². The first-order valence-electron chi connectivity index (χ1n) is 7.45. The first-order chi connectivity index (χ1) is 9.94. The minimum Gasteiger partial charge on any atom is -0.489 e. The molecular weight excluding hydrogens is 258 g/mol. The first kappa shape index (κ1) is 15.6. The molecule has 0 fully saturated rings. The molecule has 0 saturated heterocycles. The van der Waals surface area contributed by atoms with Gasteiger partial charge < -0.3 is 10.1 Å². The molecule has 0 atom stereocenters. The highest BCUT2D eigenvalue weighted by molar-refractivity contribution is 5.29. The molecule has 0 unspecified atom stereocenters. The fourth-order valence-corrected chi connectivity index (χ4v) is 2.03. The highest BCUT2D eigenvalue weighted by Crippen LogP contribution is 2.16. The molecule has 0 aromatic heterocycles. The number of ether oxygens (including phenoxy) is 1. The monoisotopic (exact) mass is 283 g/mol. The molecule has 0 heterocycles. The number of hydrogen-bond acceptors (Lipinski definition) is 2. The molecule has 0 radical (unpaired) electrons. The Morgan fingerprint density at radius 1 is 0.905 bits per heavy atom. The van der Waals surface area contributed by atoms with E-state index in [9.17, 15) is 0 Å². The van der Waals surface area contributed by atoms with Crippen molar-refractivity contribution in [1.82, 2.24) is 5.32 Å². The lowest BCUT2D eigenvalue weighted by molar-refractivity contribution is 0.303. The van der Waals surface area contributed by atoms with Gasteiger partial charge >= 0.3 is 0 Å². The number of aryl methyl sites for hydroxylation is 1. The van der Waals surface area contributed by atoms with Crippen molar-refractivity contribution in [2.75, 3.05) is 0 Å². The molecule has 2 aromatic carbocycles. The Bertz CT molecular complexity index is 567. The Labute approximate surface area is 128 Å². The molecule has 0 saturated carbocycles. The van der Waals surface area contributed by atoms with E-state index in [1.807, 2.05) is 12.1 Å². The second-order valence-electron chi connectivity index (χ2n) is 6.47. The van der Waals surface area contributed by atoms with Gasteiger partial charge in [0.25, 0.3) is 0 Å². The van der Waals surface area contributed by atoms with Crippen molar-refractivity contribution in [2.24, 2.45) is 0 Å². The highest BCUT2D eigenvalue weighted by atomic mass is 16.5. The Hall–Kier alpha value is -1.80. The topological polar surface area (TPSA) is 21.3 Å². The Kier molecular flexibility index (Phi) is 5.03. The zero-order chi connectivity index (χ0) is 15.3. The zero-order valence-corrected chi connectivity index (χ0v) is 13.4. The van der Waals surface area contributed by atoms with Crippen molar-refractivity contribution >= 4 is 0 Å². The third-order valence-corrected chi connectivity index (χ3v) is 3.34. The van der Waals surface area contributed by atoms with Crippen molar-refractivity contribution in [2.45, 2.75) is 46.4 Å². The van der Waals surface area contributed by atoms with Gasteiger partial charge in [-0.3, -0.25) is 0 Å². The van der Waals surface area contributed by atoms with Crippen molar-refractivity contribution < 1.29 is 4.74 Å². The predicted octanol–water partition coefficient (Wildman–Crippen LogP) is 4.46. The van der Waals surface area contributed by atoms with Gasteiger partial charge in [0.2, 0.25) is 0 Å². The Morgan fingerprint density at radius 2 is 1.52 bits per heavy atom. The van der Waals surface area contributed by atoms with Crippen LogP contribution in [0.2, 0.25) is 0 Å². The lowest BCUT2D eigenvalue weighted by Gasteiger charge is -2.21. The Morgan fingerprint density at radius 3 is 2.14 bits per heavy atom. The zero-order valence-electron chi connectivity index (χ0n) is 13.4. The summed E-state index contributed by atoms with van der Waals surface area (Å²) in [4.78, 5) is 0. The van der Waals surface area contributed by atoms with Crippen LogP contribution in [-0.2, 0) is 13.2 Å². The number of hydrogen-bond donors (Lipinski definition) is 1. The van der Waals surface area contributed by atoms with Gasteiger partial charge in [-0.15, -0.1) is 0 Å². The van der Waals surface area contributed by atoms with Crippen LogP contribution in [0, 0.1) is 6.92 Å². The third-order valence-electron chi connectivity index (χ3n) is 3.34. The van der Waals surface area contributed by atoms with Crippen LogP contribution in [-0.4, -0.2) is 5.54 Å². The van der Waals surface area contributed by atoms with Gasteiger partial charge in [-0.25, -0.2) is 0 Å². The summed E-state index contributed by atoms with van der Waals surface area (Å²) in [6, 6.07) is 16.6. The largest absolute Gasteiger partial charge is 0.489 e. The van der Waals surface area contributed by atoms with E-state index >= 15 is 0 Å². The molecule has 21 heavy (non-hydrogen) atoms. The minimum absolute atomic E-state index is 0.116. The smallest absolute Gasteiger partial charge is 0.119 e. The molecule has 2 rings (SSSR count). The molecule has 0 aliphatic heterocycles. The summed E-state index contributed by atoms with van der Waals surface area (Å²) >= 11 is 0. The molecule has 0 aliphatic rings. The summed E-state index contributed by atoms with van der Waals surface area (Å²) in [5, 5.41) is 3.53. The quantitative estimate of drug-likeness (QED) is 0.874. The second-order valence-corrected chi connectivity index (χ2v) is 6.47. The van der Waals surface area contributed by atoms with E-state index in [4.69, 9.17) is 4.74 Å². The third kappa shape index (κ3) is 5.24. The number of benzene rings is 2. The maximum Gasteiger partial charge on any atom is 0.119 e. The molecule has 2 aromatic rings. The Balaban J connectivity index is 2.01. The summed E-state index contributed by atoms with van der Waals surface area (Å²) in [5.41, 5.74) is 3.89. The van der Waals surface area contributed by atoms with E-state index in [-0.39, 0.29) is 5.54 Å². The van der Waals surface area contributed by atoms with E-state index in [0.717, 1.165) is 12.3 Å². The van der Waals surface area contributed by atoms with Crippen molar-refractivity contribution in [1.29, 1.82) is 0 Å². The van der Waals surface area contributed by atoms with Crippen LogP contribution >= 0.6 is 0 Å². The van der Waals surface area contributed by atoms with Gasteiger partial charge in [-0.1, -0.05) is 42.0 Å². The van der Waals surface area contributed by atoms with E-state index in [2.05, 4.69) is 69.4 Å². The van der Waals surface area contributed by atoms with Crippen molar-refractivity contribution in [3.63, 3.8) is 0 Å². The summed E-state index contributed by atoms with van der Waals surface area (Å²) in [6.45, 7) is 10.1. The lowest BCUT2D eigenvalue weighted by Crippen LogP contribution is -2.35. The standard InChI is InChI=1S/C19H25NO/c1-15-9-11-18(12-10-15)21-14-17-8-6-5-7-16(17)13-20-19(2,3)4/h5-12,20H,13-14H2,1-4H3. The molecule has 0 amide bonds. The molecule has 0 bridgehead atoms.